The van der Waals surface area contributed by atoms with E-state index in [1.807, 2.05) is 48.5 Å². The van der Waals surface area contributed by atoms with Gasteiger partial charge in [0.2, 0.25) is 0 Å². The van der Waals surface area contributed by atoms with Crippen LogP contribution in [0.4, 0.5) is 5.69 Å². The molecule has 0 saturated carbocycles. The quantitative estimate of drug-likeness (QED) is 0.267. The van der Waals surface area contributed by atoms with Crippen molar-refractivity contribution in [3.05, 3.63) is 87.3 Å². The fourth-order valence-electron chi connectivity index (χ4n) is 2.65. The number of thioether (sulfide) groups is 1. The molecule has 0 radical (unpaired) electrons. The fourth-order valence-corrected chi connectivity index (χ4v) is 4.11. The number of hydrogen-bond acceptors (Lipinski definition) is 6. The minimum atomic E-state index is -0.332. The molecule has 0 bridgehead atoms. The second kappa shape index (κ2) is 9.50. The number of amides is 1. The third kappa shape index (κ3) is 4.94. The van der Waals surface area contributed by atoms with E-state index in [-0.39, 0.29) is 11.6 Å². The minimum absolute atomic E-state index is 0.251. The van der Waals surface area contributed by atoms with Crippen LogP contribution in [0.25, 0.3) is 5.69 Å². The molecule has 2 aromatic heterocycles. The van der Waals surface area contributed by atoms with Gasteiger partial charge in [0, 0.05) is 32.8 Å². The highest BCUT2D eigenvalue weighted by molar-refractivity contribution is 9.10. The molecule has 7 nitrogen and oxygen atoms in total. The molecule has 0 fully saturated rings. The van der Waals surface area contributed by atoms with Gasteiger partial charge in [-0.3, -0.25) is 4.79 Å². The Hall–Kier alpha value is -2.56. The Labute approximate surface area is 193 Å². The van der Waals surface area contributed by atoms with Crippen molar-refractivity contribution in [1.82, 2.24) is 25.0 Å². The predicted octanol–water partition coefficient (Wildman–Crippen LogP) is 5.13. The first kappa shape index (κ1) is 20.7. The first-order valence-corrected chi connectivity index (χ1v) is 11.3. The summed E-state index contributed by atoms with van der Waals surface area (Å²) in [4.78, 5) is 21.4. The van der Waals surface area contributed by atoms with Crippen molar-refractivity contribution in [1.29, 1.82) is 0 Å². The molecule has 150 valence electrons. The van der Waals surface area contributed by atoms with Crippen LogP contribution in [0.2, 0.25) is 0 Å². The number of benzene rings is 2. The third-order valence-corrected chi connectivity index (χ3v) is 5.92. The second-order valence-electron chi connectivity index (χ2n) is 6.06. The Morgan fingerprint density at radius 1 is 1.00 bits per heavy atom. The highest BCUT2D eigenvalue weighted by Gasteiger charge is 2.21. The Morgan fingerprint density at radius 3 is 2.50 bits per heavy atom. The van der Waals surface area contributed by atoms with Gasteiger partial charge in [0.1, 0.15) is 0 Å². The van der Waals surface area contributed by atoms with E-state index >= 15 is 0 Å². The molecule has 2 heterocycles. The number of rotatable bonds is 6. The maximum atomic E-state index is 13.0. The first-order valence-electron chi connectivity index (χ1n) is 8.77. The van der Waals surface area contributed by atoms with E-state index in [2.05, 4.69) is 57.5 Å². The molecule has 10 heteroatoms. The lowest BCUT2D eigenvalue weighted by Gasteiger charge is -2.09. The zero-order chi connectivity index (χ0) is 20.9. The van der Waals surface area contributed by atoms with Gasteiger partial charge in [-0.1, -0.05) is 54.9 Å². The van der Waals surface area contributed by atoms with Crippen LogP contribution >= 0.6 is 43.6 Å². The topological polar surface area (TPSA) is 85.6 Å². The van der Waals surface area contributed by atoms with Crippen molar-refractivity contribution in [3.8, 4) is 5.69 Å². The van der Waals surface area contributed by atoms with Crippen LogP contribution in [-0.2, 0) is 5.75 Å². The average molecular weight is 546 g/mol. The molecule has 1 amide bonds. The summed E-state index contributed by atoms with van der Waals surface area (Å²) in [5.41, 5.74) is 2.37. The largest absolute Gasteiger partial charge is 0.320 e. The lowest BCUT2D eigenvalue weighted by Crippen LogP contribution is -2.15. The van der Waals surface area contributed by atoms with E-state index in [0.29, 0.717) is 22.3 Å². The zero-order valence-corrected chi connectivity index (χ0v) is 19.4. The molecule has 0 spiro atoms. The van der Waals surface area contributed by atoms with E-state index in [4.69, 9.17) is 0 Å². The molecule has 0 atom stereocenters. The van der Waals surface area contributed by atoms with Gasteiger partial charge >= 0.3 is 0 Å². The molecule has 0 unspecified atom stereocenters. The van der Waals surface area contributed by atoms with Crippen LogP contribution in [0, 0.1) is 0 Å². The zero-order valence-electron chi connectivity index (χ0n) is 15.4. The minimum Gasteiger partial charge on any atom is -0.320 e. The van der Waals surface area contributed by atoms with Gasteiger partial charge < -0.3 is 5.32 Å². The van der Waals surface area contributed by atoms with Crippen LogP contribution in [-0.4, -0.2) is 30.9 Å². The van der Waals surface area contributed by atoms with Crippen LogP contribution in [0.3, 0.4) is 0 Å². The predicted molar refractivity (Wildman–Crippen MR) is 123 cm³/mol. The first-order chi connectivity index (χ1) is 14.6. The van der Waals surface area contributed by atoms with Gasteiger partial charge in [-0.05, 0) is 48.5 Å². The molecule has 4 aromatic rings. The second-order valence-corrected chi connectivity index (χ2v) is 8.83. The van der Waals surface area contributed by atoms with Crippen molar-refractivity contribution < 1.29 is 4.79 Å². The molecular formula is C20H14Br2N6OS. The lowest BCUT2D eigenvalue weighted by molar-refractivity contribution is 0.102. The molecular weight excluding hydrogens is 532 g/mol. The molecule has 1 N–H and O–H groups in total. The van der Waals surface area contributed by atoms with Crippen molar-refractivity contribution in [2.24, 2.45) is 0 Å². The van der Waals surface area contributed by atoms with E-state index in [1.165, 1.54) is 11.8 Å². The summed E-state index contributed by atoms with van der Waals surface area (Å²) in [6.45, 7) is 0. The molecule has 0 aliphatic rings. The number of anilines is 1. The van der Waals surface area contributed by atoms with Crippen molar-refractivity contribution in [2.45, 2.75) is 10.9 Å². The van der Waals surface area contributed by atoms with Crippen molar-refractivity contribution >= 4 is 55.2 Å². The monoisotopic (exact) mass is 544 g/mol. The number of aromatic nitrogens is 5. The normalized spacial score (nSPS) is 10.7. The SMILES string of the molecule is O=C(Nc1cccc(Br)c1)c1nnn(-c2ccc(Br)cc2)c1CSc1ncccn1. The van der Waals surface area contributed by atoms with Gasteiger partial charge in [0.25, 0.3) is 5.91 Å². The summed E-state index contributed by atoms with van der Waals surface area (Å²) < 4.78 is 3.49. The Morgan fingerprint density at radius 2 is 1.77 bits per heavy atom. The van der Waals surface area contributed by atoms with Gasteiger partial charge in [-0.15, -0.1) is 5.10 Å². The number of hydrogen-bond donors (Lipinski definition) is 1. The standard InChI is InChI=1S/C20H14Br2N6OS/c21-13-5-7-16(8-6-13)28-17(12-30-20-23-9-2-10-24-20)18(26-27-28)19(29)25-15-4-1-3-14(22)11-15/h1-11H,12H2,(H,25,29). The fraction of sp³-hybridized carbons (Fsp3) is 0.0500. The Kier molecular flexibility index (Phi) is 6.56. The van der Waals surface area contributed by atoms with Crippen molar-refractivity contribution in [3.63, 3.8) is 0 Å². The smallest absolute Gasteiger partial charge is 0.278 e. The van der Waals surface area contributed by atoms with Crippen molar-refractivity contribution in [2.75, 3.05) is 5.32 Å². The average Bonchev–Trinajstić information content (AvgIpc) is 3.17. The summed E-state index contributed by atoms with van der Waals surface area (Å²) in [6.07, 6.45) is 3.36. The van der Waals surface area contributed by atoms with Crippen LogP contribution in [0.1, 0.15) is 16.2 Å². The molecule has 0 saturated heterocycles. The van der Waals surface area contributed by atoms with E-state index in [1.54, 1.807) is 23.1 Å². The van der Waals surface area contributed by atoms with E-state index < -0.39 is 0 Å². The molecule has 0 aliphatic carbocycles. The summed E-state index contributed by atoms with van der Waals surface area (Å²) in [5, 5.41) is 11.9. The number of halogens is 2. The summed E-state index contributed by atoms with van der Waals surface area (Å²) in [6, 6.07) is 16.8. The number of carbonyl (C=O) groups is 1. The lowest BCUT2D eigenvalue weighted by atomic mass is 10.2. The highest BCUT2D eigenvalue weighted by atomic mass is 79.9. The number of nitrogens with one attached hydrogen (secondary N) is 1. The van der Waals surface area contributed by atoms with E-state index in [0.717, 1.165) is 14.6 Å². The van der Waals surface area contributed by atoms with Gasteiger partial charge in [-0.2, -0.15) is 0 Å². The molecule has 30 heavy (non-hydrogen) atoms. The van der Waals surface area contributed by atoms with E-state index in [9.17, 15) is 4.79 Å². The Bertz CT molecular complexity index is 1170. The molecule has 2 aromatic carbocycles. The number of nitrogens with zero attached hydrogens (tertiary/aromatic N) is 5. The highest BCUT2D eigenvalue weighted by Crippen LogP contribution is 2.24. The number of carbonyl (C=O) groups excluding carboxylic acids is 1. The summed E-state index contributed by atoms with van der Waals surface area (Å²) in [7, 11) is 0. The summed E-state index contributed by atoms with van der Waals surface area (Å²) in [5.74, 6) is 0.0925. The molecule has 4 rings (SSSR count). The van der Waals surface area contributed by atoms with Gasteiger partial charge in [0.15, 0.2) is 10.9 Å². The van der Waals surface area contributed by atoms with Gasteiger partial charge in [0.05, 0.1) is 11.4 Å². The maximum absolute atomic E-state index is 13.0. The van der Waals surface area contributed by atoms with Crippen LogP contribution in [0.5, 0.6) is 0 Å². The van der Waals surface area contributed by atoms with Gasteiger partial charge in [-0.25, -0.2) is 14.6 Å². The Balaban J connectivity index is 1.66. The maximum Gasteiger partial charge on any atom is 0.278 e. The third-order valence-electron chi connectivity index (χ3n) is 4.01. The van der Waals surface area contributed by atoms with Crippen LogP contribution in [0.15, 0.2) is 81.1 Å². The van der Waals surface area contributed by atoms with Crippen LogP contribution < -0.4 is 5.32 Å². The summed E-state index contributed by atoms with van der Waals surface area (Å²) >= 11 is 8.26. The molecule has 0 aliphatic heterocycles.